The summed E-state index contributed by atoms with van der Waals surface area (Å²) in [6.07, 6.45) is 3.32. The molecule has 0 fully saturated rings. The lowest BCUT2D eigenvalue weighted by molar-refractivity contribution is -0.113. The summed E-state index contributed by atoms with van der Waals surface area (Å²) in [5.74, 6) is -0.233. The summed E-state index contributed by atoms with van der Waals surface area (Å²) in [5.41, 5.74) is 2.32. The first-order valence-electron chi connectivity index (χ1n) is 6.50. The average Bonchev–Trinajstić information content (AvgIpc) is 3.07. The molecule has 0 aliphatic heterocycles. The van der Waals surface area contributed by atoms with Crippen LogP contribution < -0.4 is 4.80 Å². The zero-order chi connectivity index (χ0) is 14.8. The Morgan fingerprint density at radius 3 is 2.86 bits per heavy atom. The Hall–Kier alpha value is -1.98. The maximum atomic E-state index is 12.0. The smallest absolute Gasteiger partial charge is 0.272 e. The molecule has 3 rings (SSSR count). The minimum atomic E-state index is -0.233. The van der Waals surface area contributed by atoms with Crippen molar-refractivity contribution in [2.45, 2.75) is 6.92 Å². The van der Waals surface area contributed by atoms with E-state index in [2.05, 4.69) is 24.0 Å². The van der Waals surface area contributed by atoms with E-state index >= 15 is 0 Å². The molecule has 1 aromatic carbocycles. The van der Waals surface area contributed by atoms with E-state index in [1.165, 1.54) is 23.0 Å². The molecule has 3 aromatic rings. The van der Waals surface area contributed by atoms with Crippen molar-refractivity contribution in [2.24, 2.45) is 12.0 Å². The molecule has 106 valence electrons. The highest BCUT2D eigenvalue weighted by Gasteiger charge is 2.05. The first-order chi connectivity index (χ1) is 10.1. The molecule has 0 radical (unpaired) electrons. The number of nitrogens with zero attached hydrogens (tertiary/aromatic N) is 2. The van der Waals surface area contributed by atoms with Crippen molar-refractivity contribution in [2.75, 3.05) is 0 Å². The molecule has 0 saturated carbocycles. The molecule has 0 saturated heterocycles. The summed E-state index contributed by atoms with van der Waals surface area (Å²) in [4.78, 5) is 17.9. The number of thiazole rings is 1. The highest BCUT2D eigenvalue weighted by molar-refractivity contribution is 7.16. The Morgan fingerprint density at radius 2 is 2.14 bits per heavy atom. The quantitative estimate of drug-likeness (QED) is 0.663. The number of amides is 1. The predicted molar refractivity (Wildman–Crippen MR) is 89.5 cm³/mol. The van der Waals surface area contributed by atoms with Gasteiger partial charge in [-0.25, -0.2) is 0 Å². The number of carbonyl (C=O) groups is 1. The van der Waals surface area contributed by atoms with Gasteiger partial charge in [-0.1, -0.05) is 29.5 Å². The van der Waals surface area contributed by atoms with E-state index in [1.54, 1.807) is 17.4 Å². The fourth-order valence-electron chi connectivity index (χ4n) is 2.18. The number of hydrogen-bond donors (Lipinski definition) is 0. The van der Waals surface area contributed by atoms with Crippen molar-refractivity contribution in [1.29, 1.82) is 0 Å². The fraction of sp³-hybridized carbons (Fsp3) is 0.125. The number of hydrogen-bond acceptors (Lipinski definition) is 3. The molecule has 0 aliphatic carbocycles. The van der Waals surface area contributed by atoms with E-state index in [9.17, 15) is 4.79 Å². The summed E-state index contributed by atoms with van der Waals surface area (Å²) in [6, 6.07) is 10.1. The molecule has 2 aromatic heterocycles. The van der Waals surface area contributed by atoms with Crippen molar-refractivity contribution in [3.63, 3.8) is 0 Å². The predicted octanol–water partition coefficient (Wildman–Crippen LogP) is 3.75. The van der Waals surface area contributed by atoms with Gasteiger partial charge < -0.3 is 4.57 Å². The number of aryl methyl sites for hydroxylation is 2. The molecule has 3 nitrogen and oxygen atoms in total. The number of thiophene rings is 1. The zero-order valence-electron chi connectivity index (χ0n) is 11.7. The van der Waals surface area contributed by atoms with E-state index in [0.717, 1.165) is 19.9 Å². The van der Waals surface area contributed by atoms with Gasteiger partial charge in [0.05, 0.1) is 10.2 Å². The van der Waals surface area contributed by atoms with Gasteiger partial charge >= 0.3 is 0 Å². The highest BCUT2D eigenvalue weighted by Crippen LogP contribution is 2.19. The summed E-state index contributed by atoms with van der Waals surface area (Å²) in [5, 5.41) is 1.98. The molecular formula is C16H14N2OS2. The average molecular weight is 314 g/mol. The van der Waals surface area contributed by atoms with Crippen LogP contribution in [0.25, 0.3) is 16.3 Å². The van der Waals surface area contributed by atoms with Crippen LogP contribution in [0.15, 0.2) is 46.8 Å². The van der Waals surface area contributed by atoms with Crippen LogP contribution in [0.3, 0.4) is 0 Å². The Morgan fingerprint density at radius 1 is 1.29 bits per heavy atom. The highest BCUT2D eigenvalue weighted by atomic mass is 32.1. The lowest BCUT2D eigenvalue weighted by Crippen LogP contribution is -2.12. The van der Waals surface area contributed by atoms with Gasteiger partial charge in [-0.3, -0.25) is 4.79 Å². The Balaban J connectivity index is 1.98. The van der Waals surface area contributed by atoms with Gasteiger partial charge in [0, 0.05) is 18.0 Å². The van der Waals surface area contributed by atoms with Crippen LogP contribution in [-0.2, 0) is 11.8 Å². The second kappa shape index (κ2) is 5.79. The summed E-state index contributed by atoms with van der Waals surface area (Å²) < 4.78 is 3.12. The van der Waals surface area contributed by atoms with E-state index in [4.69, 9.17) is 0 Å². The molecular weight excluding hydrogens is 300 g/mol. The fourth-order valence-corrected chi connectivity index (χ4v) is 3.90. The topological polar surface area (TPSA) is 34.4 Å². The lowest BCUT2D eigenvalue weighted by atomic mass is 10.2. The van der Waals surface area contributed by atoms with Crippen LogP contribution in [0, 0.1) is 6.92 Å². The second-order valence-corrected chi connectivity index (χ2v) is 6.65. The lowest BCUT2D eigenvalue weighted by Gasteiger charge is -1.98. The number of benzene rings is 1. The van der Waals surface area contributed by atoms with Gasteiger partial charge in [0.1, 0.15) is 0 Å². The van der Waals surface area contributed by atoms with Gasteiger partial charge in [0.2, 0.25) is 0 Å². The molecule has 1 amide bonds. The van der Waals surface area contributed by atoms with Gasteiger partial charge in [0.25, 0.3) is 5.91 Å². The molecule has 5 heteroatoms. The maximum Gasteiger partial charge on any atom is 0.272 e. The Bertz CT molecular complexity index is 883. The third kappa shape index (κ3) is 2.89. The van der Waals surface area contributed by atoms with Crippen molar-refractivity contribution >= 4 is 44.9 Å². The summed E-state index contributed by atoms with van der Waals surface area (Å²) >= 11 is 3.13. The monoisotopic (exact) mass is 314 g/mol. The van der Waals surface area contributed by atoms with Gasteiger partial charge in [0.15, 0.2) is 4.80 Å². The van der Waals surface area contributed by atoms with Crippen LogP contribution in [-0.4, -0.2) is 10.5 Å². The van der Waals surface area contributed by atoms with Crippen molar-refractivity contribution in [3.05, 3.63) is 57.0 Å². The van der Waals surface area contributed by atoms with E-state index in [1.807, 2.05) is 35.2 Å². The van der Waals surface area contributed by atoms with Crippen LogP contribution in [0.2, 0.25) is 0 Å². The Labute approximate surface area is 130 Å². The minimum Gasteiger partial charge on any atom is -0.319 e. The van der Waals surface area contributed by atoms with Crippen LogP contribution in [0.4, 0.5) is 0 Å². The SMILES string of the molecule is Cc1cccc2sc(=NC(=O)C=Cc3cccs3)n(C)c12. The van der Waals surface area contributed by atoms with Gasteiger partial charge in [-0.2, -0.15) is 4.99 Å². The summed E-state index contributed by atoms with van der Waals surface area (Å²) in [6.45, 7) is 2.07. The van der Waals surface area contributed by atoms with E-state index < -0.39 is 0 Å². The van der Waals surface area contributed by atoms with Crippen LogP contribution >= 0.6 is 22.7 Å². The van der Waals surface area contributed by atoms with Crippen LogP contribution in [0.5, 0.6) is 0 Å². The minimum absolute atomic E-state index is 0.233. The number of para-hydroxylation sites is 1. The third-order valence-corrected chi connectivity index (χ3v) is 5.10. The maximum absolute atomic E-state index is 12.0. The first-order valence-corrected chi connectivity index (χ1v) is 8.20. The second-order valence-electron chi connectivity index (χ2n) is 4.66. The van der Waals surface area contributed by atoms with Crippen LogP contribution in [0.1, 0.15) is 10.4 Å². The first kappa shape index (κ1) is 14.0. The van der Waals surface area contributed by atoms with Gasteiger partial charge in [-0.05, 0) is 36.1 Å². The molecule has 0 spiro atoms. The van der Waals surface area contributed by atoms with Crippen molar-refractivity contribution in [3.8, 4) is 0 Å². The normalized spacial score (nSPS) is 12.6. The molecule has 21 heavy (non-hydrogen) atoms. The molecule has 0 N–H and O–H groups in total. The zero-order valence-corrected chi connectivity index (χ0v) is 13.4. The number of rotatable bonds is 2. The summed E-state index contributed by atoms with van der Waals surface area (Å²) in [7, 11) is 1.95. The molecule has 0 aliphatic rings. The van der Waals surface area contributed by atoms with Crippen molar-refractivity contribution < 1.29 is 4.79 Å². The third-order valence-electron chi connectivity index (χ3n) is 3.16. The van der Waals surface area contributed by atoms with E-state index in [-0.39, 0.29) is 5.91 Å². The molecule has 0 atom stereocenters. The Kier molecular flexibility index (Phi) is 3.86. The largest absolute Gasteiger partial charge is 0.319 e. The number of carbonyl (C=O) groups excluding carboxylic acids is 1. The van der Waals surface area contributed by atoms with Gasteiger partial charge in [-0.15, -0.1) is 11.3 Å². The molecule has 0 unspecified atom stereocenters. The molecule has 2 heterocycles. The molecule has 0 bridgehead atoms. The number of fused-ring (bicyclic) bond motifs is 1. The van der Waals surface area contributed by atoms with E-state index in [0.29, 0.717) is 0 Å². The number of aromatic nitrogens is 1. The van der Waals surface area contributed by atoms with Crippen molar-refractivity contribution in [1.82, 2.24) is 4.57 Å². The standard InChI is InChI=1S/C16H14N2OS2/c1-11-5-3-7-13-15(11)18(2)16(21-13)17-14(19)9-8-12-6-4-10-20-12/h3-10H,1-2H3.